The molecule has 1 fully saturated rings. The lowest BCUT2D eigenvalue weighted by Gasteiger charge is -2.36. The fourth-order valence-electron chi connectivity index (χ4n) is 3.68. The largest absolute Gasteiger partial charge is 0.325 e. The number of hydrogen-bond acceptors (Lipinski definition) is 3. The van der Waals surface area contributed by atoms with Crippen molar-refractivity contribution in [3.63, 3.8) is 0 Å². The third kappa shape index (κ3) is 5.88. The Morgan fingerprint density at radius 1 is 1.19 bits per heavy atom. The van der Waals surface area contributed by atoms with Crippen molar-refractivity contribution < 1.29 is 9.18 Å². The Bertz CT molecular complexity index is 754. The van der Waals surface area contributed by atoms with E-state index in [0.29, 0.717) is 18.3 Å². The topological polar surface area (TPSA) is 35.6 Å². The van der Waals surface area contributed by atoms with Crippen molar-refractivity contribution >= 4 is 11.6 Å². The van der Waals surface area contributed by atoms with Crippen molar-refractivity contribution in [3.05, 3.63) is 65.5 Å². The maximum absolute atomic E-state index is 12.9. The van der Waals surface area contributed by atoms with Crippen LogP contribution in [-0.2, 0) is 11.3 Å². The van der Waals surface area contributed by atoms with Crippen LogP contribution in [0.5, 0.6) is 0 Å². The van der Waals surface area contributed by atoms with Gasteiger partial charge in [0, 0.05) is 31.4 Å². The van der Waals surface area contributed by atoms with Crippen LogP contribution in [0.25, 0.3) is 0 Å². The molecule has 27 heavy (non-hydrogen) atoms. The Morgan fingerprint density at radius 3 is 2.56 bits per heavy atom. The van der Waals surface area contributed by atoms with Gasteiger partial charge in [0.1, 0.15) is 5.82 Å². The SMILES string of the molecule is Cc1cccc(CN(C)C2CCN(CC(=O)Nc3ccc(F)cc3)CC2)c1. The number of carbonyl (C=O) groups is 1. The second-order valence-corrected chi connectivity index (χ2v) is 7.47. The van der Waals surface area contributed by atoms with Gasteiger partial charge in [-0.3, -0.25) is 14.6 Å². The molecule has 1 heterocycles. The number of anilines is 1. The highest BCUT2D eigenvalue weighted by Gasteiger charge is 2.23. The highest BCUT2D eigenvalue weighted by molar-refractivity contribution is 5.92. The summed E-state index contributed by atoms with van der Waals surface area (Å²) in [5, 5.41) is 2.83. The Balaban J connectivity index is 1.42. The summed E-state index contributed by atoms with van der Waals surface area (Å²) in [5.74, 6) is -0.349. The molecule has 144 valence electrons. The summed E-state index contributed by atoms with van der Waals surface area (Å²) in [6.07, 6.45) is 2.12. The molecule has 0 radical (unpaired) electrons. The average molecular weight is 369 g/mol. The number of hydrogen-bond donors (Lipinski definition) is 1. The van der Waals surface area contributed by atoms with Crippen molar-refractivity contribution in [1.29, 1.82) is 0 Å². The van der Waals surface area contributed by atoms with E-state index in [1.165, 1.54) is 23.3 Å². The van der Waals surface area contributed by atoms with Gasteiger partial charge in [0.15, 0.2) is 0 Å². The van der Waals surface area contributed by atoms with Crippen molar-refractivity contribution in [2.45, 2.75) is 32.4 Å². The standard InChI is InChI=1S/C22H28FN3O/c1-17-4-3-5-18(14-17)15-25(2)21-10-12-26(13-11-21)16-22(27)24-20-8-6-19(23)7-9-20/h3-9,14,21H,10-13,15-16H2,1-2H3,(H,24,27). The van der Waals surface area contributed by atoms with Gasteiger partial charge in [0.25, 0.3) is 0 Å². The van der Waals surface area contributed by atoms with Crippen molar-refractivity contribution in [2.75, 3.05) is 32.0 Å². The first-order valence-electron chi connectivity index (χ1n) is 9.53. The molecule has 2 aromatic carbocycles. The molecule has 0 aromatic heterocycles. The third-order valence-electron chi connectivity index (χ3n) is 5.19. The third-order valence-corrected chi connectivity index (χ3v) is 5.19. The molecule has 1 N–H and O–H groups in total. The van der Waals surface area contributed by atoms with E-state index in [4.69, 9.17) is 0 Å². The molecule has 0 spiro atoms. The van der Waals surface area contributed by atoms with Gasteiger partial charge < -0.3 is 5.32 Å². The number of piperidine rings is 1. The number of amides is 1. The minimum atomic E-state index is -0.301. The van der Waals surface area contributed by atoms with E-state index >= 15 is 0 Å². The zero-order valence-corrected chi connectivity index (χ0v) is 16.1. The van der Waals surface area contributed by atoms with E-state index < -0.39 is 0 Å². The molecule has 1 amide bonds. The monoisotopic (exact) mass is 369 g/mol. The number of benzene rings is 2. The first-order valence-corrected chi connectivity index (χ1v) is 9.53. The van der Waals surface area contributed by atoms with Crippen LogP contribution in [0.1, 0.15) is 24.0 Å². The predicted octanol–water partition coefficient (Wildman–Crippen LogP) is 3.67. The fraction of sp³-hybridized carbons (Fsp3) is 0.409. The van der Waals surface area contributed by atoms with Crippen LogP contribution < -0.4 is 5.32 Å². The molecule has 1 saturated heterocycles. The minimum absolute atomic E-state index is 0.0480. The first-order chi connectivity index (χ1) is 13.0. The van der Waals surface area contributed by atoms with Gasteiger partial charge in [-0.1, -0.05) is 29.8 Å². The van der Waals surface area contributed by atoms with Gasteiger partial charge in [0.2, 0.25) is 5.91 Å². The van der Waals surface area contributed by atoms with Crippen LogP contribution in [0.4, 0.5) is 10.1 Å². The Hall–Kier alpha value is -2.24. The maximum atomic E-state index is 12.9. The molecule has 0 atom stereocenters. The van der Waals surface area contributed by atoms with Gasteiger partial charge >= 0.3 is 0 Å². The van der Waals surface area contributed by atoms with Crippen LogP contribution in [0.15, 0.2) is 48.5 Å². The van der Waals surface area contributed by atoms with Crippen molar-refractivity contribution in [2.24, 2.45) is 0 Å². The number of aryl methyl sites for hydroxylation is 1. The van der Waals surface area contributed by atoms with E-state index in [0.717, 1.165) is 32.5 Å². The molecule has 2 aromatic rings. The van der Waals surface area contributed by atoms with E-state index in [1.54, 1.807) is 12.1 Å². The summed E-state index contributed by atoms with van der Waals surface area (Å²) in [6, 6.07) is 15.1. The lowest BCUT2D eigenvalue weighted by Crippen LogP contribution is -2.45. The maximum Gasteiger partial charge on any atom is 0.238 e. The van der Waals surface area contributed by atoms with E-state index in [1.807, 2.05) is 0 Å². The highest BCUT2D eigenvalue weighted by atomic mass is 19.1. The zero-order chi connectivity index (χ0) is 19.2. The molecule has 3 rings (SSSR count). The van der Waals surface area contributed by atoms with Crippen LogP contribution in [0.3, 0.4) is 0 Å². The summed E-state index contributed by atoms with van der Waals surface area (Å²) in [7, 11) is 2.18. The highest BCUT2D eigenvalue weighted by Crippen LogP contribution is 2.18. The van der Waals surface area contributed by atoms with Gasteiger partial charge in [-0.05, 0) is 56.6 Å². The molecule has 0 saturated carbocycles. The molecule has 0 bridgehead atoms. The summed E-state index contributed by atoms with van der Waals surface area (Å²) in [6.45, 7) is 5.29. The second kappa shape index (κ2) is 9.11. The second-order valence-electron chi connectivity index (χ2n) is 7.47. The van der Waals surface area contributed by atoms with Gasteiger partial charge in [-0.15, -0.1) is 0 Å². The summed E-state index contributed by atoms with van der Waals surface area (Å²) in [4.78, 5) is 16.8. The number of carbonyl (C=O) groups excluding carboxylic acids is 1. The van der Waals surface area contributed by atoms with Gasteiger partial charge in [0.05, 0.1) is 6.54 Å². The fourth-order valence-corrected chi connectivity index (χ4v) is 3.68. The normalized spacial score (nSPS) is 15.9. The van der Waals surface area contributed by atoms with Crippen LogP contribution in [-0.4, -0.2) is 48.4 Å². The lowest BCUT2D eigenvalue weighted by molar-refractivity contribution is -0.117. The number of halogens is 1. The molecular weight excluding hydrogens is 341 g/mol. The van der Waals surface area contributed by atoms with Crippen molar-refractivity contribution in [3.8, 4) is 0 Å². The summed E-state index contributed by atoms with van der Waals surface area (Å²) < 4.78 is 12.9. The summed E-state index contributed by atoms with van der Waals surface area (Å²) in [5.41, 5.74) is 3.27. The molecule has 5 heteroatoms. The Morgan fingerprint density at radius 2 is 1.89 bits per heavy atom. The zero-order valence-electron chi connectivity index (χ0n) is 16.1. The first kappa shape index (κ1) is 19.5. The lowest BCUT2D eigenvalue weighted by atomic mass is 10.0. The van der Waals surface area contributed by atoms with E-state index in [9.17, 15) is 9.18 Å². The van der Waals surface area contributed by atoms with Gasteiger partial charge in [-0.2, -0.15) is 0 Å². The molecule has 4 nitrogen and oxygen atoms in total. The number of rotatable bonds is 6. The van der Waals surface area contributed by atoms with E-state index in [-0.39, 0.29) is 11.7 Å². The minimum Gasteiger partial charge on any atom is -0.325 e. The number of nitrogens with one attached hydrogen (secondary N) is 1. The summed E-state index contributed by atoms with van der Waals surface area (Å²) >= 11 is 0. The molecular formula is C22H28FN3O. The van der Waals surface area contributed by atoms with Crippen LogP contribution >= 0.6 is 0 Å². The number of nitrogens with zero attached hydrogens (tertiary/aromatic N) is 2. The Kier molecular flexibility index (Phi) is 6.58. The molecule has 0 unspecified atom stereocenters. The quantitative estimate of drug-likeness (QED) is 0.844. The molecule has 1 aliphatic heterocycles. The number of likely N-dealkylation sites (tertiary alicyclic amines) is 1. The van der Waals surface area contributed by atoms with Crippen LogP contribution in [0, 0.1) is 12.7 Å². The average Bonchev–Trinajstić information content (AvgIpc) is 2.64. The molecule has 1 aliphatic rings. The predicted molar refractivity (Wildman–Crippen MR) is 107 cm³/mol. The smallest absolute Gasteiger partial charge is 0.238 e. The van der Waals surface area contributed by atoms with Crippen LogP contribution in [0.2, 0.25) is 0 Å². The van der Waals surface area contributed by atoms with Gasteiger partial charge in [-0.25, -0.2) is 4.39 Å². The molecule has 0 aliphatic carbocycles. The Labute approximate surface area is 161 Å². The van der Waals surface area contributed by atoms with Crippen molar-refractivity contribution in [1.82, 2.24) is 9.80 Å². The van der Waals surface area contributed by atoms with E-state index in [2.05, 4.69) is 53.4 Å².